The van der Waals surface area contributed by atoms with Crippen molar-refractivity contribution in [3.8, 4) is 0 Å². The van der Waals surface area contributed by atoms with Crippen molar-refractivity contribution in [3.05, 3.63) is 34.9 Å². The molecule has 82 valence electrons. The van der Waals surface area contributed by atoms with Gasteiger partial charge in [0.05, 0.1) is 6.10 Å². The fraction of sp³-hybridized carbons (Fsp3) is 0.571. The molecule has 0 aromatic heterocycles. The number of hydrogen-bond acceptors (Lipinski definition) is 1. The predicted octanol–water partition coefficient (Wildman–Crippen LogP) is 3.53. The summed E-state index contributed by atoms with van der Waals surface area (Å²) >= 11 is 0. The normalized spacial score (nSPS) is 19.4. The van der Waals surface area contributed by atoms with E-state index in [-0.39, 0.29) is 6.10 Å². The summed E-state index contributed by atoms with van der Waals surface area (Å²) < 4.78 is 0. The van der Waals surface area contributed by atoms with E-state index in [9.17, 15) is 5.11 Å². The average Bonchev–Trinajstić information content (AvgIpc) is 2.74. The van der Waals surface area contributed by atoms with Crippen molar-refractivity contribution in [3.63, 3.8) is 0 Å². The highest BCUT2D eigenvalue weighted by Gasteiger charge is 2.25. The second-order valence-corrected chi connectivity index (χ2v) is 4.78. The molecule has 1 N–H and O–H groups in total. The maximum atomic E-state index is 10.3. The molecular formula is C14H20O. The van der Waals surface area contributed by atoms with Crippen LogP contribution in [0.5, 0.6) is 0 Å². The summed E-state index contributed by atoms with van der Waals surface area (Å²) in [7, 11) is 0. The molecule has 1 unspecified atom stereocenters. The van der Waals surface area contributed by atoms with Gasteiger partial charge in [0, 0.05) is 0 Å². The number of aryl methyl sites for hydroxylation is 1. The van der Waals surface area contributed by atoms with Crippen molar-refractivity contribution in [1.29, 1.82) is 0 Å². The monoisotopic (exact) mass is 204 g/mol. The summed E-state index contributed by atoms with van der Waals surface area (Å²) in [6, 6.07) is 6.24. The smallest absolute Gasteiger partial charge is 0.0820 e. The van der Waals surface area contributed by atoms with Gasteiger partial charge in [0.1, 0.15) is 0 Å². The van der Waals surface area contributed by atoms with E-state index in [4.69, 9.17) is 0 Å². The van der Waals surface area contributed by atoms with E-state index < -0.39 is 0 Å². The maximum absolute atomic E-state index is 10.3. The van der Waals surface area contributed by atoms with Gasteiger partial charge in [-0.3, -0.25) is 0 Å². The number of benzene rings is 1. The molecule has 1 aliphatic carbocycles. The quantitative estimate of drug-likeness (QED) is 0.781. The molecule has 0 amide bonds. The third-order valence-corrected chi connectivity index (χ3v) is 3.81. The van der Waals surface area contributed by atoms with Crippen molar-refractivity contribution >= 4 is 0 Å². The molecule has 0 saturated heterocycles. The zero-order chi connectivity index (χ0) is 10.8. The summed E-state index contributed by atoms with van der Waals surface area (Å²) in [4.78, 5) is 0. The van der Waals surface area contributed by atoms with Gasteiger partial charge in [-0.1, -0.05) is 31.0 Å². The van der Waals surface area contributed by atoms with Crippen molar-refractivity contribution < 1.29 is 5.11 Å². The lowest BCUT2D eigenvalue weighted by molar-refractivity contribution is 0.111. The van der Waals surface area contributed by atoms with Gasteiger partial charge >= 0.3 is 0 Å². The molecule has 1 fully saturated rings. The van der Waals surface area contributed by atoms with E-state index in [1.807, 2.05) is 0 Å². The van der Waals surface area contributed by atoms with Crippen LogP contribution in [0.1, 0.15) is 48.5 Å². The molecule has 1 aromatic rings. The third kappa shape index (κ3) is 2.07. The van der Waals surface area contributed by atoms with Crippen molar-refractivity contribution in [2.75, 3.05) is 0 Å². The molecule has 15 heavy (non-hydrogen) atoms. The molecule has 0 spiro atoms. The molecule has 2 rings (SSSR count). The molecule has 0 heterocycles. The van der Waals surface area contributed by atoms with Crippen LogP contribution in [0.4, 0.5) is 0 Å². The lowest BCUT2D eigenvalue weighted by Crippen LogP contribution is -2.10. The minimum atomic E-state index is -0.243. The highest BCUT2D eigenvalue weighted by atomic mass is 16.3. The standard InChI is InChI=1S/C14H20O/c1-10-6-5-9-13(11(10)2)14(15)12-7-3-4-8-12/h5-6,9,12,14-15H,3-4,7-8H2,1-2H3. The van der Waals surface area contributed by atoms with E-state index in [1.165, 1.54) is 36.8 Å². The maximum Gasteiger partial charge on any atom is 0.0820 e. The lowest BCUT2D eigenvalue weighted by Gasteiger charge is -2.20. The summed E-state index contributed by atoms with van der Waals surface area (Å²) in [6.07, 6.45) is 4.70. The minimum Gasteiger partial charge on any atom is -0.388 e. The molecule has 1 aliphatic rings. The summed E-state index contributed by atoms with van der Waals surface area (Å²) in [5, 5.41) is 10.3. The van der Waals surface area contributed by atoms with Crippen LogP contribution in [0.2, 0.25) is 0 Å². The van der Waals surface area contributed by atoms with Crippen LogP contribution in [-0.4, -0.2) is 5.11 Å². The first-order valence-corrected chi connectivity index (χ1v) is 5.94. The van der Waals surface area contributed by atoms with E-state index in [2.05, 4.69) is 32.0 Å². The fourth-order valence-corrected chi connectivity index (χ4v) is 2.62. The molecule has 1 aromatic carbocycles. The van der Waals surface area contributed by atoms with Gasteiger partial charge in [-0.05, 0) is 49.3 Å². The second-order valence-electron chi connectivity index (χ2n) is 4.78. The van der Waals surface area contributed by atoms with Gasteiger partial charge in [-0.25, -0.2) is 0 Å². The Morgan fingerprint density at radius 3 is 2.53 bits per heavy atom. The average molecular weight is 204 g/mol. The van der Waals surface area contributed by atoms with Crippen LogP contribution >= 0.6 is 0 Å². The Kier molecular flexibility index (Phi) is 3.11. The van der Waals surface area contributed by atoms with Crippen LogP contribution in [0.3, 0.4) is 0 Å². The number of aliphatic hydroxyl groups excluding tert-OH is 1. The van der Waals surface area contributed by atoms with Gasteiger partial charge in [-0.15, -0.1) is 0 Å². The number of rotatable bonds is 2. The lowest BCUT2D eigenvalue weighted by atomic mass is 9.90. The Hall–Kier alpha value is -0.820. The van der Waals surface area contributed by atoms with Crippen LogP contribution in [0, 0.1) is 19.8 Å². The Labute approximate surface area is 92.1 Å². The molecule has 0 aliphatic heterocycles. The highest BCUT2D eigenvalue weighted by molar-refractivity contribution is 5.34. The topological polar surface area (TPSA) is 20.2 Å². The first kappa shape index (κ1) is 10.7. The molecule has 1 heteroatoms. The van der Waals surface area contributed by atoms with Crippen molar-refractivity contribution in [2.45, 2.75) is 45.6 Å². The Balaban J connectivity index is 2.24. The van der Waals surface area contributed by atoms with Crippen LogP contribution in [-0.2, 0) is 0 Å². The summed E-state index contributed by atoms with van der Waals surface area (Å²) in [6.45, 7) is 4.23. The van der Waals surface area contributed by atoms with E-state index in [1.54, 1.807) is 0 Å². The highest BCUT2D eigenvalue weighted by Crippen LogP contribution is 2.36. The number of hydrogen-bond donors (Lipinski definition) is 1. The molecule has 1 atom stereocenters. The zero-order valence-corrected chi connectivity index (χ0v) is 9.66. The zero-order valence-electron chi connectivity index (χ0n) is 9.66. The molecule has 0 radical (unpaired) electrons. The summed E-state index contributed by atoms with van der Waals surface area (Å²) in [5.41, 5.74) is 3.68. The van der Waals surface area contributed by atoms with E-state index in [0.29, 0.717) is 5.92 Å². The van der Waals surface area contributed by atoms with Crippen LogP contribution < -0.4 is 0 Å². The molecule has 1 nitrogen and oxygen atoms in total. The molecule has 0 bridgehead atoms. The fourth-order valence-electron chi connectivity index (χ4n) is 2.62. The molecule has 1 saturated carbocycles. The van der Waals surface area contributed by atoms with Crippen molar-refractivity contribution in [1.82, 2.24) is 0 Å². The van der Waals surface area contributed by atoms with Gasteiger partial charge < -0.3 is 5.11 Å². The number of aliphatic hydroxyl groups is 1. The minimum absolute atomic E-state index is 0.243. The van der Waals surface area contributed by atoms with Crippen LogP contribution in [0.15, 0.2) is 18.2 Å². The van der Waals surface area contributed by atoms with E-state index in [0.717, 1.165) is 5.56 Å². The van der Waals surface area contributed by atoms with Gasteiger partial charge in [-0.2, -0.15) is 0 Å². The second kappa shape index (κ2) is 4.36. The van der Waals surface area contributed by atoms with Gasteiger partial charge in [0.2, 0.25) is 0 Å². The Morgan fingerprint density at radius 2 is 1.87 bits per heavy atom. The van der Waals surface area contributed by atoms with Crippen LogP contribution in [0.25, 0.3) is 0 Å². The molecular weight excluding hydrogens is 184 g/mol. The third-order valence-electron chi connectivity index (χ3n) is 3.81. The first-order chi connectivity index (χ1) is 7.20. The predicted molar refractivity (Wildman–Crippen MR) is 62.8 cm³/mol. The first-order valence-electron chi connectivity index (χ1n) is 5.94. The van der Waals surface area contributed by atoms with Gasteiger partial charge in [0.15, 0.2) is 0 Å². The Bertz CT molecular complexity index is 337. The van der Waals surface area contributed by atoms with Gasteiger partial charge in [0.25, 0.3) is 0 Å². The van der Waals surface area contributed by atoms with Crippen molar-refractivity contribution in [2.24, 2.45) is 5.92 Å². The SMILES string of the molecule is Cc1cccc(C(O)C2CCCC2)c1C. The summed E-state index contributed by atoms with van der Waals surface area (Å²) in [5.74, 6) is 0.491. The largest absolute Gasteiger partial charge is 0.388 e. The Morgan fingerprint density at radius 1 is 1.20 bits per heavy atom. The van der Waals surface area contributed by atoms with E-state index >= 15 is 0 Å².